The minimum Gasteiger partial charge on any atom is -0.478 e. The Bertz CT molecular complexity index is 768. The molecule has 0 aliphatic rings. The molecule has 0 saturated carbocycles. The molecule has 0 aliphatic carbocycles. The molecular formula is C13H8FN3O2. The van der Waals surface area contributed by atoms with Crippen LogP contribution < -0.4 is 0 Å². The van der Waals surface area contributed by atoms with Gasteiger partial charge in [0.2, 0.25) is 0 Å². The van der Waals surface area contributed by atoms with Crippen LogP contribution in [0.3, 0.4) is 0 Å². The number of carboxylic acid groups (broad SMARTS) is 1. The first-order valence-electron chi connectivity index (χ1n) is 5.48. The largest absolute Gasteiger partial charge is 0.478 e. The topological polar surface area (TPSA) is 78.9 Å². The number of aromatic nitrogens is 3. The van der Waals surface area contributed by atoms with Gasteiger partial charge in [0.05, 0.1) is 11.1 Å². The van der Waals surface area contributed by atoms with E-state index in [9.17, 15) is 9.18 Å². The van der Waals surface area contributed by atoms with Crippen LogP contribution in [0.15, 0.2) is 36.7 Å². The third-order valence-electron chi connectivity index (χ3n) is 2.74. The average Bonchev–Trinajstić information content (AvgIpc) is 2.82. The highest BCUT2D eigenvalue weighted by atomic mass is 19.1. The number of fused-ring (bicyclic) bond motifs is 1. The Kier molecular flexibility index (Phi) is 2.49. The highest BCUT2D eigenvalue weighted by Gasteiger charge is 2.15. The summed E-state index contributed by atoms with van der Waals surface area (Å²) in [6.07, 6.45) is 3.20. The van der Waals surface area contributed by atoms with Crippen LogP contribution >= 0.6 is 0 Å². The van der Waals surface area contributed by atoms with Crippen molar-refractivity contribution in [3.8, 4) is 11.4 Å². The molecule has 19 heavy (non-hydrogen) atoms. The number of nitrogens with one attached hydrogen (secondary N) is 1. The van der Waals surface area contributed by atoms with Gasteiger partial charge in [-0.2, -0.15) is 0 Å². The molecule has 2 heterocycles. The van der Waals surface area contributed by atoms with Crippen molar-refractivity contribution in [1.82, 2.24) is 15.0 Å². The van der Waals surface area contributed by atoms with E-state index >= 15 is 0 Å². The van der Waals surface area contributed by atoms with E-state index in [1.165, 1.54) is 6.07 Å². The lowest BCUT2D eigenvalue weighted by molar-refractivity contribution is 0.0698. The molecule has 3 rings (SSSR count). The van der Waals surface area contributed by atoms with E-state index in [-0.39, 0.29) is 11.1 Å². The van der Waals surface area contributed by atoms with E-state index in [0.717, 1.165) is 11.6 Å². The van der Waals surface area contributed by atoms with Gasteiger partial charge >= 0.3 is 5.97 Å². The summed E-state index contributed by atoms with van der Waals surface area (Å²) in [6, 6.07) is 5.64. The third kappa shape index (κ3) is 1.93. The van der Waals surface area contributed by atoms with E-state index in [4.69, 9.17) is 5.11 Å². The van der Waals surface area contributed by atoms with Crippen LogP contribution in [0, 0.1) is 5.82 Å². The molecule has 6 heteroatoms. The van der Waals surface area contributed by atoms with Crippen LogP contribution in [-0.2, 0) is 0 Å². The zero-order valence-corrected chi connectivity index (χ0v) is 9.59. The maximum absolute atomic E-state index is 13.3. The zero-order chi connectivity index (χ0) is 13.4. The summed E-state index contributed by atoms with van der Waals surface area (Å²) in [4.78, 5) is 22.1. The number of H-pyrrole nitrogens is 1. The normalized spacial score (nSPS) is 10.8. The van der Waals surface area contributed by atoms with Crippen molar-refractivity contribution in [1.29, 1.82) is 0 Å². The van der Waals surface area contributed by atoms with Crippen LogP contribution in [0.2, 0.25) is 0 Å². The lowest BCUT2D eigenvalue weighted by atomic mass is 10.2. The molecule has 0 amide bonds. The van der Waals surface area contributed by atoms with Crippen LogP contribution in [0.25, 0.3) is 22.4 Å². The summed E-state index contributed by atoms with van der Waals surface area (Å²) < 4.78 is 13.3. The van der Waals surface area contributed by atoms with Crippen molar-refractivity contribution in [2.45, 2.75) is 0 Å². The predicted octanol–water partition coefficient (Wildman–Crippen LogP) is 2.46. The molecule has 0 atom stereocenters. The van der Waals surface area contributed by atoms with Gasteiger partial charge in [-0.05, 0) is 24.3 Å². The number of halogens is 1. The van der Waals surface area contributed by atoms with E-state index in [1.807, 2.05) is 0 Å². The number of carbonyl (C=O) groups is 1. The molecule has 2 aromatic heterocycles. The molecule has 0 radical (unpaired) electrons. The molecular weight excluding hydrogens is 249 g/mol. The predicted molar refractivity (Wildman–Crippen MR) is 66.2 cm³/mol. The summed E-state index contributed by atoms with van der Waals surface area (Å²) in [7, 11) is 0. The van der Waals surface area contributed by atoms with Crippen LogP contribution in [-0.4, -0.2) is 26.0 Å². The van der Waals surface area contributed by atoms with Gasteiger partial charge in [-0.3, -0.25) is 4.98 Å². The number of carboxylic acids is 1. The zero-order valence-electron chi connectivity index (χ0n) is 9.59. The summed E-state index contributed by atoms with van der Waals surface area (Å²) in [5, 5.41) is 9.06. The molecule has 5 nitrogen and oxygen atoms in total. The van der Waals surface area contributed by atoms with Crippen molar-refractivity contribution in [3.63, 3.8) is 0 Å². The van der Waals surface area contributed by atoms with Gasteiger partial charge in [0, 0.05) is 18.0 Å². The quantitative estimate of drug-likeness (QED) is 0.739. The fourth-order valence-corrected chi connectivity index (χ4v) is 1.89. The lowest BCUT2D eigenvalue weighted by Gasteiger charge is -1.95. The van der Waals surface area contributed by atoms with Crippen molar-refractivity contribution in [2.24, 2.45) is 0 Å². The number of hydrogen-bond acceptors (Lipinski definition) is 3. The van der Waals surface area contributed by atoms with Crippen molar-refractivity contribution >= 4 is 17.0 Å². The number of aromatic amines is 1. The van der Waals surface area contributed by atoms with Gasteiger partial charge < -0.3 is 10.1 Å². The first kappa shape index (κ1) is 11.3. The van der Waals surface area contributed by atoms with Crippen LogP contribution in [0.1, 0.15) is 10.4 Å². The van der Waals surface area contributed by atoms with E-state index in [0.29, 0.717) is 11.3 Å². The maximum Gasteiger partial charge on any atom is 0.338 e. The summed E-state index contributed by atoms with van der Waals surface area (Å²) >= 11 is 0. The number of rotatable bonds is 2. The van der Waals surface area contributed by atoms with Gasteiger partial charge in [-0.25, -0.2) is 14.2 Å². The van der Waals surface area contributed by atoms with Crippen LogP contribution in [0.4, 0.5) is 4.39 Å². The molecule has 1 aromatic carbocycles. The number of nitrogens with zero attached hydrogens (tertiary/aromatic N) is 2. The van der Waals surface area contributed by atoms with Gasteiger partial charge in [0.1, 0.15) is 17.2 Å². The van der Waals surface area contributed by atoms with Crippen molar-refractivity contribution in [3.05, 3.63) is 48.0 Å². The molecule has 0 fully saturated rings. The van der Waals surface area contributed by atoms with Gasteiger partial charge in [-0.15, -0.1) is 0 Å². The van der Waals surface area contributed by atoms with Crippen molar-refractivity contribution in [2.75, 3.05) is 0 Å². The number of pyridine rings is 1. The minimum absolute atomic E-state index is 0.161. The Morgan fingerprint density at radius 3 is 2.68 bits per heavy atom. The summed E-state index contributed by atoms with van der Waals surface area (Å²) in [5.41, 5.74) is 1.18. The lowest BCUT2D eigenvalue weighted by Crippen LogP contribution is -1.98. The van der Waals surface area contributed by atoms with Gasteiger partial charge in [0.15, 0.2) is 0 Å². The Morgan fingerprint density at radius 1 is 1.26 bits per heavy atom. The number of imidazole rings is 1. The highest BCUT2D eigenvalue weighted by Crippen LogP contribution is 2.23. The van der Waals surface area contributed by atoms with Crippen LogP contribution in [0.5, 0.6) is 0 Å². The second kappa shape index (κ2) is 4.16. The molecule has 0 saturated heterocycles. The standard InChI is InChI=1S/C13H8FN3O2/c14-8-5-9(13(18)19)11-10(6-8)16-12(17-11)7-1-3-15-4-2-7/h1-6H,(H,16,17)(H,18,19). The molecule has 0 aliphatic heterocycles. The third-order valence-corrected chi connectivity index (χ3v) is 2.74. The first-order valence-corrected chi connectivity index (χ1v) is 5.48. The minimum atomic E-state index is -1.21. The Labute approximate surface area is 106 Å². The smallest absolute Gasteiger partial charge is 0.338 e. The second-order valence-corrected chi connectivity index (χ2v) is 3.98. The second-order valence-electron chi connectivity index (χ2n) is 3.98. The Morgan fingerprint density at radius 2 is 2.00 bits per heavy atom. The highest BCUT2D eigenvalue weighted by molar-refractivity contribution is 6.01. The SMILES string of the molecule is O=C(O)c1cc(F)cc2[nH]c(-c3ccncc3)nc12. The fraction of sp³-hybridized carbons (Fsp3) is 0. The molecule has 94 valence electrons. The molecule has 2 N–H and O–H groups in total. The number of aromatic carboxylic acids is 1. The summed E-state index contributed by atoms with van der Waals surface area (Å²) in [5.74, 6) is -1.35. The van der Waals surface area contributed by atoms with E-state index in [1.54, 1.807) is 24.5 Å². The van der Waals surface area contributed by atoms with Gasteiger partial charge in [-0.1, -0.05) is 0 Å². The molecule has 0 bridgehead atoms. The fourth-order valence-electron chi connectivity index (χ4n) is 1.89. The Balaban J connectivity index is 2.26. The number of benzene rings is 1. The Hall–Kier alpha value is -2.76. The summed E-state index contributed by atoms with van der Waals surface area (Å²) in [6.45, 7) is 0. The van der Waals surface area contributed by atoms with E-state index < -0.39 is 11.8 Å². The maximum atomic E-state index is 13.3. The molecule has 3 aromatic rings. The average molecular weight is 257 g/mol. The van der Waals surface area contributed by atoms with Gasteiger partial charge in [0.25, 0.3) is 0 Å². The van der Waals surface area contributed by atoms with Crippen molar-refractivity contribution < 1.29 is 14.3 Å². The monoisotopic (exact) mass is 257 g/mol. The molecule has 0 unspecified atom stereocenters. The number of hydrogen-bond donors (Lipinski definition) is 2. The molecule has 0 spiro atoms. The van der Waals surface area contributed by atoms with E-state index in [2.05, 4.69) is 15.0 Å². The first-order chi connectivity index (χ1) is 9.15.